The monoisotopic (exact) mass is 268 g/mol. The number of benzene rings is 1. The highest BCUT2D eigenvalue weighted by molar-refractivity contribution is 6.30. The van der Waals surface area contributed by atoms with Crippen LogP contribution in [0.3, 0.4) is 0 Å². The maximum Gasteiger partial charge on any atom is 0.257 e. The Morgan fingerprint density at radius 3 is 2.89 bits per heavy atom. The third-order valence-corrected chi connectivity index (χ3v) is 3.19. The molecule has 98 valence electrons. The van der Waals surface area contributed by atoms with Crippen molar-refractivity contribution in [1.29, 1.82) is 0 Å². The third-order valence-electron chi connectivity index (χ3n) is 2.93. The first-order valence-electron chi connectivity index (χ1n) is 6.10. The van der Waals surface area contributed by atoms with Crippen molar-refractivity contribution in [2.75, 3.05) is 26.2 Å². The lowest BCUT2D eigenvalue weighted by atomic mass is 10.1. The van der Waals surface area contributed by atoms with Crippen molar-refractivity contribution in [3.63, 3.8) is 0 Å². The maximum atomic E-state index is 11.6. The van der Waals surface area contributed by atoms with E-state index in [-0.39, 0.29) is 12.5 Å². The molecule has 0 aromatic heterocycles. The summed E-state index contributed by atoms with van der Waals surface area (Å²) >= 11 is 5.76. The van der Waals surface area contributed by atoms with Crippen molar-refractivity contribution in [1.82, 2.24) is 10.6 Å². The van der Waals surface area contributed by atoms with Crippen molar-refractivity contribution in [3.8, 4) is 5.75 Å². The summed E-state index contributed by atoms with van der Waals surface area (Å²) in [7, 11) is 0. The summed E-state index contributed by atoms with van der Waals surface area (Å²) in [4.78, 5) is 11.6. The largest absolute Gasteiger partial charge is 0.484 e. The molecule has 0 radical (unpaired) electrons. The Hall–Kier alpha value is -1.26. The molecule has 0 saturated carbocycles. The zero-order chi connectivity index (χ0) is 12.8. The Labute approximate surface area is 112 Å². The predicted molar refractivity (Wildman–Crippen MR) is 70.9 cm³/mol. The second-order valence-corrected chi connectivity index (χ2v) is 4.84. The standard InChI is InChI=1S/C13H17ClN2O2/c14-11-1-3-12(4-2-11)18-9-13(17)16-8-10-5-6-15-7-10/h1-4,10,15H,5-9H2,(H,16,17). The smallest absolute Gasteiger partial charge is 0.257 e. The first-order chi connectivity index (χ1) is 8.74. The van der Waals surface area contributed by atoms with Gasteiger partial charge in [-0.15, -0.1) is 0 Å². The van der Waals surface area contributed by atoms with Gasteiger partial charge in [0.1, 0.15) is 5.75 Å². The van der Waals surface area contributed by atoms with E-state index in [1.807, 2.05) is 0 Å². The molecule has 1 aliphatic rings. The first kappa shape index (κ1) is 13.2. The minimum absolute atomic E-state index is 0.0434. The van der Waals surface area contributed by atoms with Crippen LogP contribution in [-0.4, -0.2) is 32.1 Å². The number of hydrogen-bond donors (Lipinski definition) is 2. The molecule has 2 N–H and O–H groups in total. The summed E-state index contributed by atoms with van der Waals surface area (Å²) in [5.41, 5.74) is 0. The van der Waals surface area contributed by atoms with Gasteiger partial charge in [-0.2, -0.15) is 0 Å². The highest BCUT2D eigenvalue weighted by Gasteiger charge is 2.15. The molecule has 18 heavy (non-hydrogen) atoms. The van der Waals surface area contributed by atoms with Gasteiger partial charge in [0.2, 0.25) is 0 Å². The van der Waals surface area contributed by atoms with Crippen LogP contribution in [0, 0.1) is 5.92 Å². The van der Waals surface area contributed by atoms with E-state index in [1.54, 1.807) is 24.3 Å². The normalized spacial score (nSPS) is 18.6. The minimum atomic E-state index is -0.0863. The average Bonchev–Trinajstić information content (AvgIpc) is 2.89. The SMILES string of the molecule is O=C(COc1ccc(Cl)cc1)NCC1CCNC1. The van der Waals surface area contributed by atoms with Crippen molar-refractivity contribution in [2.45, 2.75) is 6.42 Å². The van der Waals surface area contributed by atoms with Gasteiger partial charge in [0.15, 0.2) is 6.61 Å². The van der Waals surface area contributed by atoms with Gasteiger partial charge < -0.3 is 15.4 Å². The van der Waals surface area contributed by atoms with Gasteiger partial charge in [0, 0.05) is 11.6 Å². The molecule has 1 amide bonds. The summed E-state index contributed by atoms with van der Waals surface area (Å²) in [6.07, 6.45) is 1.12. The van der Waals surface area contributed by atoms with Gasteiger partial charge in [-0.1, -0.05) is 11.6 Å². The van der Waals surface area contributed by atoms with Gasteiger partial charge in [-0.25, -0.2) is 0 Å². The van der Waals surface area contributed by atoms with Crippen LogP contribution in [0.4, 0.5) is 0 Å². The zero-order valence-corrected chi connectivity index (χ0v) is 10.9. The molecular weight excluding hydrogens is 252 g/mol. The number of halogens is 1. The number of nitrogens with one attached hydrogen (secondary N) is 2. The van der Waals surface area contributed by atoms with Crippen molar-refractivity contribution in [3.05, 3.63) is 29.3 Å². The summed E-state index contributed by atoms with van der Waals surface area (Å²) in [6.45, 7) is 2.79. The molecule has 5 heteroatoms. The van der Waals surface area contributed by atoms with E-state index in [0.717, 1.165) is 26.1 Å². The van der Waals surface area contributed by atoms with Crippen LogP contribution in [0.15, 0.2) is 24.3 Å². The molecule has 1 heterocycles. The van der Waals surface area contributed by atoms with Crippen LogP contribution in [0.5, 0.6) is 5.75 Å². The molecule has 0 bridgehead atoms. The Morgan fingerprint density at radius 1 is 1.44 bits per heavy atom. The molecule has 2 rings (SSSR count). The number of carbonyl (C=O) groups is 1. The molecule has 1 atom stereocenters. The quantitative estimate of drug-likeness (QED) is 0.850. The second kappa shape index (κ2) is 6.61. The molecule has 1 unspecified atom stereocenters. The summed E-state index contributed by atoms with van der Waals surface area (Å²) in [5, 5.41) is 6.79. The molecular formula is C13H17ClN2O2. The topological polar surface area (TPSA) is 50.4 Å². The van der Waals surface area contributed by atoms with E-state index >= 15 is 0 Å². The lowest BCUT2D eigenvalue weighted by Crippen LogP contribution is -2.33. The molecule has 0 aliphatic carbocycles. The van der Waals surface area contributed by atoms with E-state index in [9.17, 15) is 4.79 Å². The van der Waals surface area contributed by atoms with Crippen LogP contribution in [-0.2, 0) is 4.79 Å². The number of amides is 1. The van der Waals surface area contributed by atoms with Gasteiger partial charge in [0.25, 0.3) is 5.91 Å². The van der Waals surface area contributed by atoms with Crippen molar-refractivity contribution >= 4 is 17.5 Å². The van der Waals surface area contributed by atoms with Crippen molar-refractivity contribution in [2.24, 2.45) is 5.92 Å². The number of ether oxygens (including phenoxy) is 1. The maximum absolute atomic E-state index is 11.6. The first-order valence-corrected chi connectivity index (χ1v) is 6.47. The van der Waals surface area contributed by atoms with E-state index in [2.05, 4.69) is 10.6 Å². The fourth-order valence-corrected chi connectivity index (χ4v) is 2.00. The lowest BCUT2D eigenvalue weighted by molar-refractivity contribution is -0.123. The lowest BCUT2D eigenvalue weighted by Gasteiger charge is -2.10. The van der Waals surface area contributed by atoms with Crippen LogP contribution in [0.25, 0.3) is 0 Å². The van der Waals surface area contributed by atoms with Crippen LogP contribution in [0.1, 0.15) is 6.42 Å². The van der Waals surface area contributed by atoms with Gasteiger partial charge in [-0.05, 0) is 49.7 Å². The minimum Gasteiger partial charge on any atom is -0.484 e. The van der Waals surface area contributed by atoms with E-state index < -0.39 is 0 Å². The summed E-state index contributed by atoms with van der Waals surface area (Å²) in [6, 6.07) is 6.96. The third kappa shape index (κ3) is 4.20. The van der Waals surface area contributed by atoms with E-state index in [1.165, 1.54) is 0 Å². The molecule has 4 nitrogen and oxygen atoms in total. The predicted octanol–water partition coefficient (Wildman–Crippen LogP) is 1.44. The van der Waals surface area contributed by atoms with E-state index in [4.69, 9.17) is 16.3 Å². The average molecular weight is 269 g/mol. The molecule has 1 fully saturated rings. The fraction of sp³-hybridized carbons (Fsp3) is 0.462. The molecule has 1 aromatic rings. The molecule has 1 aromatic carbocycles. The Bertz CT molecular complexity index is 388. The van der Waals surface area contributed by atoms with Crippen molar-refractivity contribution < 1.29 is 9.53 Å². The Kier molecular flexibility index (Phi) is 4.84. The Balaban J connectivity index is 1.66. The van der Waals surface area contributed by atoms with Gasteiger partial charge in [-0.3, -0.25) is 4.79 Å². The zero-order valence-electron chi connectivity index (χ0n) is 10.1. The second-order valence-electron chi connectivity index (χ2n) is 4.41. The number of hydrogen-bond acceptors (Lipinski definition) is 3. The van der Waals surface area contributed by atoms with Crippen LogP contribution >= 0.6 is 11.6 Å². The molecule has 1 aliphatic heterocycles. The highest BCUT2D eigenvalue weighted by atomic mass is 35.5. The van der Waals surface area contributed by atoms with Gasteiger partial charge >= 0.3 is 0 Å². The number of rotatable bonds is 5. The summed E-state index contributed by atoms with van der Waals surface area (Å²) in [5.74, 6) is 1.11. The fourth-order valence-electron chi connectivity index (χ4n) is 1.88. The molecule has 1 saturated heterocycles. The Morgan fingerprint density at radius 2 is 2.22 bits per heavy atom. The van der Waals surface area contributed by atoms with E-state index in [0.29, 0.717) is 16.7 Å². The van der Waals surface area contributed by atoms with Gasteiger partial charge in [0.05, 0.1) is 0 Å². The molecule has 0 spiro atoms. The number of carbonyl (C=O) groups excluding carboxylic acids is 1. The highest BCUT2D eigenvalue weighted by Crippen LogP contribution is 2.15. The summed E-state index contributed by atoms with van der Waals surface area (Å²) < 4.78 is 5.35. The van der Waals surface area contributed by atoms with Crippen LogP contribution < -0.4 is 15.4 Å². The van der Waals surface area contributed by atoms with Crippen LogP contribution in [0.2, 0.25) is 5.02 Å².